The van der Waals surface area contributed by atoms with E-state index in [9.17, 15) is 17.6 Å². The van der Waals surface area contributed by atoms with Crippen LogP contribution in [0.3, 0.4) is 0 Å². The number of rotatable bonds is 8. The zero-order chi connectivity index (χ0) is 20.0. The molecule has 0 bridgehead atoms. The second-order valence-corrected chi connectivity index (χ2v) is 8.41. The lowest BCUT2D eigenvalue weighted by Crippen LogP contribution is -2.38. The summed E-state index contributed by atoms with van der Waals surface area (Å²) in [6.07, 6.45) is 1.22. The van der Waals surface area contributed by atoms with Gasteiger partial charge in [-0.2, -0.15) is 4.31 Å². The summed E-state index contributed by atoms with van der Waals surface area (Å²) in [6, 6.07) is 13.4. The van der Waals surface area contributed by atoms with E-state index in [1.165, 1.54) is 6.07 Å². The molecule has 8 heteroatoms. The number of nitrogens with one attached hydrogen (secondary N) is 1. The van der Waals surface area contributed by atoms with Crippen LogP contribution >= 0.6 is 0 Å². The predicted octanol–water partition coefficient (Wildman–Crippen LogP) is 2.33. The summed E-state index contributed by atoms with van der Waals surface area (Å²) in [5.74, 6) is -0.844. The van der Waals surface area contributed by atoms with Crippen LogP contribution in [0.1, 0.15) is 5.56 Å². The van der Waals surface area contributed by atoms with Gasteiger partial charge in [-0.1, -0.05) is 18.2 Å². The predicted molar refractivity (Wildman–Crippen MR) is 106 cm³/mol. The van der Waals surface area contributed by atoms with Crippen molar-refractivity contribution in [1.29, 1.82) is 0 Å². The standard InChI is InChI=1S/C19H24FN3O3S/c1-22(2)17-10-8-16(9-11-17)21-19(24)14-23(27(3,25)26)13-12-15-6-4-5-7-18(15)20/h4-11H,12-14H2,1-3H3,(H,21,24). The molecule has 146 valence electrons. The molecule has 0 unspecified atom stereocenters. The molecule has 6 nitrogen and oxygen atoms in total. The minimum Gasteiger partial charge on any atom is -0.378 e. The second-order valence-electron chi connectivity index (χ2n) is 6.43. The van der Waals surface area contributed by atoms with Crippen molar-refractivity contribution < 1.29 is 17.6 Å². The largest absolute Gasteiger partial charge is 0.378 e. The zero-order valence-electron chi connectivity index (χ0n) is 15.6. The van der Waals surface area contributed by atoms with Crippen LogP contribution < -0.4 is 10.2 Å². The molecule has 2 rings (SSSR count). The lowest BCUT2D eigenvalue weighted by atomic mass is 10.1. The van der Waals surface area contributed by atoms with E-state index in [2.05, 4.69) is 5.32 Å². The van der Waals surface area contributed by atoms with Crippen LogP contribution in [0.4, 0.5) is 15.8 Å². The number of amides is 1. The number of carbonyl (C=O) groups excluding carboxylic acids is 1. The first-order valence-electron chi connectivity index (χ1n) is 8.42. The number of hydrogen-bond acceptors (Lipinski definition) is 4. The van der Waals surface area contributed by atoms with Gasteiger partial charge in [0.05, 0.1) is 12.8 Å². The Morgan fingerprint density at radius 2 is 1.70 bits per heavy atom. The van der Waals surface area contributed by atoms with E-state index in [1.807, 2.05) is 31.1 Å². The molecule has 1 N–H and O–H groups in total. The van der Waals surface area contributed by atoms with Crippen molar-refractivity contribution in [3.63, 3.8) is 0 Å². The molecule has 1 amide bonds. The van der Waals surface area contributed by atoms with E-state index in [0.717, 1.165) is 16.2 Å². The van der Waals surface area contributed by atoms with Gasteiger partial charge < -0.3 is 10.2 Å². The molecule has 2 aromatic rings. The Balaban J connectivity index is 2.00. The number of halogens is 1. The van der Waals surface area contributed by atoms with Gasteiger partial charge in [-0.05, 0) is 42.3 Å². The molecule has 0 heterocycles. The minimum atomic E-state index is -3.61. The fraction of sp³-hybridized carbons (Fsp3) is 0.316. The Hall–Kier alpha value is -2.45. The summed E-state index contributed by atoms with van der Waals surface area (Å²) >= 11 is 0. The molecule has 0 radical (unpaired) electrons. The summed E-state index contributed by atoms with van der Waals surface area (Å²) < 4.78 is 38.8. The van der Waals surface area contributed by atoms with Crippen molar-refractivity contribution in [2.75, 3.05) is 43.7 Å². The highest BCUT2D eigenvalue weighted by Crippen LogP contribution is 2.16. The van der Waals surface area contributed by atoms with E-state index in [1.54, 1.807) is 30.3 Å². The highest BCUT2D eigenvalue weighted by atomic mass is 32.2. The quantitative estimate of drug-likeness (QED) is 0.747. The molecule has 0 fully saturated rings. The molecule has 0 aliphatic heterocycles. The lowest BCUT2D eigenvalue weighted by Gasteiger charge is -2.20. The molecule has 0 spiro atoms. The number of nitrogens with zero attached hydrogens (tertiary/aromatic N) is 2. The highest BCUT2D eigenvalue weighted by molar-refractivity contribution is 7.88. The first-order valence-corrected chi connectivity index (χ1v) is 10.3. The third-order valence-corrected chi connectivity index (χ3v) is 5.29. The number of hydrogen-bond donors (Lipinski definition) is 1. The Labute approximate surface area is 159 Å². The SMILES string of the molecule is CN(C)c1ccc(NC(=O)CN(CCc2ccccc2F)S(C)(=O)=O)cc1. The van der Waals surface area contributed by atoms with Crippen LogP contribution in [0.25, 0.3) is 0 Å². The summed E-state index contributed by atoms with van der Waals surface area (Å²) in [7, 11) is 0.210. The number of sulfonamides is 1. The summed E-state index contributed by atoms with van der Waals surface area (Å²) in [5.41, 5.74) is 1.97. The monoisotopic (exact) mass is 393 g/mol. The van der Waals surface area contributed by atoms with Crippen molar-refractivity contribution in [1.82, 2.24) is 4.31 Å². The average molecular weight is 393 g/mol. The average Bonchev–Trinajstić information content (AvgIpc) is 2.59. The molecule has 27 heavy (non-hydrogen) atoms. The van der Waals surface area contributed by atoms with E-state index in [4.69, 9.17) is 0 Å². The number of carbonyl (C=O) groups is 1. The lowest BCUT2D eigenvalue weighted by molar-refractivity contribution is -0.116. The summed E-state index contributed by atoms with van der Waals surface area (Å²) in [6.45, 7) is -0.310. The maximum atomic E-state index is 13.7. The number of anilines is 2. The van der Waals surface area contributed by atoms with Crippen molar-refractivity contribution in [2.45, 2.75) is 6.42 Å². The maximum absolute atomic E-state index is 13.7. The third-order valence-electron chi connectivity index (χ3n) is 4.04. The third kappa shape index (κ3) is 6.33. The van der Waals surface area contributed by atoms with Crippen molar-refractivity contribution in [3.05, 3.63) is 59.9 Å². The normalized spacial score (nSPS) is 11.4. The Bertz CT molecular complexity index is 883. The van der Waals surface area contributed by atoms with Gasteiger partial charge >= 0.3 is 0 Å². The molecule has 0 aromatic heterocycles. The maximum Gasteiger partial charge on any atom is 0.239 e. The van der Waals surface area contributed by atoms with E-state index in [0.29, 0.717) is 11.3 Å². The van der Waals surface area contributed by atoms with E-state index in [-0.39, 0.29) is 19.5 Å². The van der Waals surface area contributed by atoms with E-state index < -0.39 is 21.7 Å². The molecular formula is C19H24FN3O3S. The van der Waals surface area contributed by atoms with Gasteiger partial charge in [-0.25, -0.2) is 12.8 Å². The zero-order valence-corrected chi connectivity index (χ0v) is 16.5. The molecular weight excluding hydrogens is 369 g/mol. The molecule has 0 aliphatic carbocycles. The molecule has 0 saturated heterocycles. The molecule has 0 atom stereocenters. The van der Waals surface area contributed by atoms with Crippen LogP contribution in [0.15, 0.2) is 48.5 Å². The summed E-state index contributed by atoms with van der Waals surface area (Å²) in [4.78, 5) is 14.2. The van der Waals surface area contributed by atoms with E-state index >= 15 is 0 Å². The van der Waals surface area contributed by atoms with Gasteiger partial charge in [0.1, 0.15) is 5.82 Å². The summed E-state index contributed by atoms with van der Waals surface area (Å²) in [5, 5.41) is 2.68. The molecule has 0 saturated carbocycles. The molecule has 0 aliphatic rings. The van der Waals surface area contributed by atoms with Gasteiger partial charge in [0.2, 0.25) is 15.9 Å². The Morgan fingerprint density at radius 3 is 2.26 bits per heavy atom. The van der Waals surface area contributed by atoms with Crippen LogP contribution in [0, 0.1) is 5.82 Å². The Morgan fingerprint density at radius 1 is 1.07 bits per heavy atom. The van der Waals surface area contributed by atoms with Crippen molar-refractivity contribution in [3.8, 4) is 0 Å². The van der Waals surface area contributed by atoms with Gasteiger partial charge in [-0.3, -0.25) is 4.79 Å². The second kappa shape index (κ2) is 8.96. The van der Waals surface area contributed by atoms with Crippen molar-refractivity contribution in [2.24, 2.45) is 0 Å². The first kappa shape index (κ1) is 20.9. The number of benzene rings is 2. The van der Waals surface area contributed by atoms with Crippen molar-refractivity contribution >= 4 is 27.3 Å². The highest BCUT2D eigenvalue weighted by Gasteiger charge is 2.20. The smallest absolute Gasteiger partial charge is 0.239 e. The Kier molecular flexibility index (Phi) is 6.92. The van der Waals surface area contributed by atoms with Gasteiger partial charge in [-0.15, -0.1) is 0 Å². The van der Waals surface area contributed by atoms with Crippen LogP contribution in [-0.2, 0) is 21.2 Å². The van der Waals surface area contributed by atoms with Crippen LogP contribution in [0.5, 0.6) is 0 Å². The van der Waals surface area contributed by atoms with Gasteiger partial charge in [0, 0.05) is 32.0 Å². The van der Waals surface area contributed by atoms with Crippen LogP contribution in [0.2, 0.25) is 0 Å². The minimum absolute atomic E-state index is 0.0206. The van der Waals surface area contributed by atoms with Gasteiger partial charge in [0.25, 0.3) is 0 Å². The topological polar surface area (TPSA) is 69.7 Å². The first-order chi connectivity index (χ1) is 12.7. The fourth-order valence-electron chi connectivity index (χ4n) is 2.51. The van der Waals surface area contributed by atoms with Gasteiger partial charge in [0.15, 0.2) is 0 Å². The fourth-order valence-corrected chi connectivity index (χ4v) is 3.29. The molecule has 2 aromatic carbocycles. The van der Waals surface area contributed by atoms with Crippen LogP contribution in [-0.4, -0.2) is 52.1 Å².